The van der Waals surface area contributed by atoms with Crippen LogP contribution >= 0.6 is 0 Å². The number of carbonyl (C=O) groups is 1. The van der Waals surface area contributed by atoms with Crippen LogP contribution in [0.1, 0.15) is 31.4 Å². The molecule has 2 N–H and O–H groups in total. The highest BCUT2D eigenvalue weighted by atomic mass is 19.4. The van der Waals surface area contributed by atoms with Gasteiger partial charge in [-0.3, -0.25) is 4.79 Å². The fraction of sp³-hybridized carbons (Fsp3) is 0.300. The average molecular weight is 391 g/mol. The summed E-state index contributed by atoms with van der Waals surface area (Å²) >= 11 is 0. The van der Waals surface area contributed by atoms with E-state index in [-0.39, 0.29) is 17.8 Å². The zero-order chi connectivity index (χ0) is 20.7. The van der Waals surface area contributed by atoms with Crippen LogP contribution < -0.4 is 5.32 Å². The van der Waals surface area contributed by atoms with Crippen molar-refractivity contribution in [2.45, 2.75) is 39.0 Å². The number of fused-ring (bicyclic) bond motifs is 1. The van der Waals surface area contributed by atoms with Crippen molar-refractivity contribution in [3.63, 3.8) is 0 Å². The molecule has 0 unspecified atom stereocenters. The first-order valence-electron chi connectivity index (χ1n) is 8.63. The number of aliphatic hydroxyl groups is 1. The molecular weight excluding hydrogens is 371 g/mol. The second-order valence-electron chi connectivity index (χ2n) is 7.37. The summed E-state index contributed by atoms with van der Waals surface area (Å²) in [6.07, 6.45) is -3.47. The summed E-state index contributed by atoms with van der Waals surface area (Å²) < 4.78 is 40.8. The summed E-state index contributed by atoms with van der Waals surface area (Å²) in [5.74, 6) is -0.349. The molecule has 148 valence electrons. The highest BCUT2D eigenvalue weighted by Crippen LogP contribution is 2.36. The van der Waals surface area contributed by atoms with Crippen molar-refractivity contribution in [1.82, 2.24) is 9.61 Å². The molecule has 8 heteroatoms. The molecule has 2 aromatic heterocycles. The Balaban J connectivity index is 2.15. The van der Waals surface area contributed by atoms with Gasteiger partial charge in [0.15, 0.2) is 5.82 Å². The van der Waals surface area contributed by atoms with Crippen molar-refractivity contribution >= 4 is 17.2 Å². The maximum absolute atomic E-state index is 13.2. The molecule has 0 aliphatic rings. The van der Waals surface area contributed by atoms with E-state index in [0.717, 1.165) is 17.7 Å². The maximum Gasteiger partial charge on any atom is 0.416 e. The van der Waals surface area contributed by atoms with E-state index in [0.29, 0.717) is 11.1 Å². The van der Waals surface area contributed by atoms with Gasteiger partial charge in [-0.1, -0.05) is 29.8 Å². The minimum Gasteiger partial charge on any atom is -0.390 e. The fourth-order valence-electron chi connectivity index (χ4n) is 2.88. The molecule has 1 amide bonds. The van der Waals surface area contributed by atoms with Crippen molar-refractivity contribution in [2.24, 2.45) is 0 Å². The van der Waals surface area contributed by atoms with Gasteiger partial charge in [0, 0.05) is 6.20 Å². The van der Waals surface area contributed by atoms with Gasteiger partial charge >= 0.3 is 6.18 Å². The third kappa shape index (κ3) is 4.33. The molecule has 0 atom stereocenters. The Morgan fingerprint density at radius 2 is 1.82 bits per heavy atom. The van der Waals surface area contributed by atoms with Crippen LogP contribution in [-0.4, -0.2) is 26.2 Å². The van der Waals surface area contributed by atoms with Crippen molar-refractivity contribution in [3.8, 4) is 11.1 Å². The van der Waals surface area contributed by atoms with Crippen LogP contribution in [0.2, 0.25) is 0 Å². The third-order valence-corrected chi connectivity index (χ3v) is 4.15. The minimum atomic E-state index is -4.50. The molecule has 0 bridgehead atoms. The molecule has 0 fully saturated rings. The van der Waals surface area contributed by atoms with E-state index in [9.17, 15) is 23.1 Å². The van der Waals surface area contributed by atoms with Gasteiger partial charge in [-0.05, 0) is 38.5 Å². The smallest absolute Gasteiger partial charge is 0.390 e. The van der Waals surface area contributed by atoms with Crippen LogP contribution in [-0.2, 0) is 11.0 Å². The summed E-state index contributed by atoms with van der Waals surface area (Å²) in [7, 11) is 0. The second-order valence-corrected chi connectivity index (χ2v) is 7.37. The average Bonchev–Trinajstić information content (AvgIpc) is 2.89. The van der Waals surface area contributed by atoms with Gasteiger partial charge in [-0.2, -0.15) is 13.2 Å². The van der Waals surface area contributed by atoms with E-state index in [1.807, 2.05) is 19.1 Å². The third-order valence-electron chi connectivity index (χ3n) is 4.15. The summed E-state index contributed by atoms with van der Waals surface area (Å²) in [5, 5.41) is 16.7. The molecule has 2 heterocycles. The standard InChI is InChI=1S/C20H20F3N3O2/c1-12-4-6-13(7-5-12)17-15-10-14(20(21,22)23)8-9-26(15)25-18(17)24-16(27)11-19(2,3)28/h4-10,28H,11H2,1-3H3,(H,24,25,27). The van der Waals surface area contributed by atoms with Crippen LogP contribution in [0.5, 0.6) is 0 Å². The maximum atomic E-state index is 13.2. The number of hydrogen-bond acceptors (Lipinski definition) is 3. The van der Waals surface area contributed by atoms with Gasteiger partial charge in [0.05, 0.1) is 28.7 Å². The number of aryl methyl sites for hydroxylation is 1. The lowest BCUT2D eigenvalue weighted by atomic mass is 10.0. The van der Waals surface area contributed by atoms with Gasteiger partial charge in [-0.25, -0.2) is 4.52 Å². The van der Waals surface area contributed by atoms with E-state index < -0.39 is 23.2 Å². The molecule has 1 aromatic carbocycles. The van der Waals surface area contributed by atoms with Crippen LogP contribution in [0.4, 0.5) is 19.0 Å². The fourth-order valence-corrected chi connectivity index (χ4v) is 2.88. The zero-order valence-corrected chi connectivity index (χ0v) is 15.6. The number of aromatic nitrogens is 2. The van der Waals surface area contributed by atoms with Gasteiger partial charge in [0.1, 0.15) is 0 Å². The number of hydrogen-bond donors (Lipinski definition) is 2. The van der Waals surface area contributed by atoms with Crippen molar-refractivity contribution in [3.05, 3.63) is 53.7 Å². The number of carbonyl (C=O) groups excluding carboxylic acids is 1. The van der Waals surface area contributed by atoms with E-state index in [2.05, 4.69) is 10.4 Å². The monoisotopic (exact) mass is 391 g/mol. The number of nitrogens with one attached hydrogen (secondary N) is 1. The predicted octanol–water partition coefficient (Wildman–Crippen LogP) is 4.43. The number of amides is 1. The van der Waals surface area contributed by atoms with Crippen LogP contribution in [0.3, 0.4) is 0 Å². The molecule has 3 rings (SSSR count). The number of anilines is 1. The lowest BCUT2D eigenvalue weighted by Gasteiger charge is -2.16. The SMILES string of the molecule is Cc1ccc(-c2c(NC(=O)CC(C)(C)O)nn3ccc(C(F)(F)F)cc23)cc1. The minimum absolute atomic E-state index is 0.137. The van der Waals surface area contributed by atoms with E-state index >= 15 is 0 Å². The second kappa shape index (κ2) is 6.94. The van der Waals surface area contributed by atoms with E-state index in [1.54, 1.807) is 12.1 Å². The quantitative estimate of drug-likeness (QED) is 0.692. The zero-order valence-electron chi connectivity index (χ0n) is 15.6. The first-order valence-corrected chi connectivity index (χ1v) is 8.63. The predicted molar refractivity (Wildman–Crippen MR) is 99.9 cm³/mol. The molecule has 0 spiro atoms. The largest absolute Gasteiger partial charge is 0.416 e. The van der Waals surface area contributed by atoms with Gasteiger partial charge in [-0.15, -0.1) is 5.10 Å². The molecule has 0 saturated heterocycles. The number of benzene rings is 1. The van der Waals surface area contributed by atoms with E-state index in [4.69, 9.17) is 0 Å². The van der Waals surface area contributed by atoms with Crippen molar-refractivity contribution in [2.75, 3.05) is 5.32 Å². The topological polar surface area (TPSA) is 66.6 Å². The highest BCUT2D eigenvalue weighted by molar-refractivity contribution is 5.99. The number of rotatable bonds is 4. The molecular formula is C20H20F3N3O2. The summed E-state index contributed by atoms with van der Waals surface area (Å²) in [6.45, 7) is 4.88. The van der Waals surface area contributed by atoms with Gasteiger partial charge < -0.3 is 10.4 Å². The Morgan fingerprint density at radius 3 is 2.39 bits per heavy atom. The Hall–Kier alpha value is -2.87. The highest BCUT2D eigenvalue weighted by Gasteiger charge is 2.31. The number of nitrogens with zero attached hydrogens (tertiary/aromatic N) is 2. The molecule has 28 heavy (non-hydrogen) atoms. The molecule has 0 aliphatic heterocycles. The first-order chi connectivity index (χ1) is 12.9. The van der Waals surface area contributed by atoms with Crippen LogP contribution in [0, 0.1) is 6.92 Å². The first kappa shape index (κ1) is 19.9. The molecule has 0 saturated carbocycles. The molecule has 0 aliphatic carbocycles. The number of pyridine rings is 1. The van der Waals surface area contributed by atoms with Gasteiger partial charge in [0.2, 0.25) is 5.91 Å². The number of halogens is 3. The lowest BCUT2D eigenvalue weighted by molar-refractivity contribution is -0.137. The number of alkyl halides is 3. The molecule has 3 aromatic rings. The Kier molecular flexibility index (Phi) is 4.93. The Bertz CT molecular complexity index is 1020. The van der Waals surface area contributed by atoms with Crippen LogP contribution in [0.15, 0.2) is 42.6 Å². The lowest BCUT2D eigenvalue weighted by Crippen LogP contribution is -2.27. The summed E-state index contributed by atoms with van der Waals surface area (Å²) in [6, 6.07) is 9.12. The summed E-state index contributed by atoms with van der Waals surface area (Å²) in [5.41, 5.74) is 0.189. The van der Waals surface area contributed by atoms with Crippen molar-refractivity contribution < 1.29 is 23.1 Å². The normalized spacial score (nSPS) is 12.4. The Labute approximate surface area is 159 Å². The molecule has 5 nitrogen and oxygen atoms in total. The Morgan fingerprint density at radius 1 is 1.18 bits per heavy atom. The van der Waals surface area contributed by atoms with Crippen LogP contribution in [0.25, 0.3) is 16.6 Å². The van der Waals surface area contributed by atoms with Gasteiger partial charge in [0.25, 0.3) is 0 Å². The summed E-state index contributed by atoms with van der Waals surface area (Å²) in [4.78, 5) is 12.3. The molecule has 0 radical (unpaired) electrons. The van der Waals surface area contributed by atoms with E-state index in [1.165, 1.54) is 24.6 Å². The van der Waals surface area contributed by atoms with Crippen molar-refractivity contribution in [1.29, 1.82) is 0 Å².